The molecule has 2 unspecified atom stereocenters. The molecule has 2 atom stereocenters. The highest BCUT2D eigenvalue weighted by molar-refractivity contribution is 5.90. The second-order valence-corrected chi connectivity index (χ2v) is 6.60. The molecule has 0 radical (unpaired) electrons. The van der Waals surface area contributed by atoms with Crippen molar-refractivity contribution in [3.63, 3.8) is 0 Å². The normalized spacial score (nSPS) is 24.1. The van der Waals surface area contributed by atoms with Crippen LogP contribution >= 0.6 is 24.8 Å². The minimum Gasteiger partial charge on any atom is -0.325 e. The van der Waals surface area contributed by atoms with Gasteiger partial charge in [-0.1, -0.05) is 0 Å². The van der Waals surface area contributed by atoms with E-state index in [1.54, 1.807) is 18.7 Å². The third kappa shape index (κ3) is 4.71. The molecule has 4 heterocycles. The number of fused-ring (bicyclic) bond motifs is 2. The minimum absolute atomic E-state index is 0. The summed E-state index contributed by atoms with van der Waals surface area (Å²) in [5.74, 6) is 1.39. The molecule has 2 saturated heterocycles. The van der Waals surface area contributed by atoms with E-state index in [0.29, 0.717) is 24.4 Å². The highest BCUT2D eigenvalue weighted by Gasteiger charge is 2.34. The Morgan fingerprint density at radius 2 is 2.00 bits per heavy atom. The van der Waals surface area contributed by atoms with Crippen molar-refractivity contribution >= 4 is 36.4 Å². The Kier molecular flexibility index (Phi) is 6.81. The number of aromatic nitrogens is 3. The van der Waals surface area contributed by atoms with Crippen molar-refractivity contribution in [3.05, 3.63) is 37.1 Å². The van der Waals surface area contributed by atoms with Gasteiger partial charge in [-0.2, -0.15) is 0 Å². The second kappa shape index (κ2) is 8.65. The zero-order valence-electron chi connectivity index (χ0n) is 13.8. The maximum atomic E-state index is 12.3. The van der Waals surface area contributed by atoms with Gasteiger partial charge in [0.25, 0.3) is 0 Å². The third-order valence-corrected chi connectivity index (χ3v) is 4.85. The molecular formula is C17H23Cl2N5O. The highest BCUT2D eigenvalue weighted by Crippen LogP contribution is 2.32. The van der Waals surface area contributed by atoms with Crippen molar-refractivity contribution in [2.45, 2.75) is 44.2 Å². The van der Waals surface area contributed by atoms with E-state index in [4.69, 9.17) is 0 Å². The molecule has 0 aliphatic carbocycles. The van der Waals surface area contributed by atoms with E-state index < -0.39 is 0 Å². The van der Waals surface area contributed by atoms with Crippen LogP contribution in [0.1, 0.15) is 32.1 Å². The molecule has 25 heavy (non-hydrogen) atoms. The smallest absolute Gasteiger partial charge is 0.224 e. The van der Waals surface area contributed by atoms with Crippen LogP contribution in [0, 0.1) is 5.92 Å². The van der Waals surface area contributed by atoms with Crippen LogP contribution in [0.5, 0.6) is 0 Å². The highest BCUT2D eigenvalue weighted by atomic mass is 35.5. The number of rotatable bonds is 4. The Morgan fingerprint density at radius 3 is 2.60 bits per heavy atom. The summed E-state index contributed by atoms with van der Waals surface area (Å²) >= 11 is 0. The number of carbonyl (C=O) groups excluding carboxylic acids is 1. The van der Waals surface area contributed by atoms with Crippen LogP contribution in [0.15, 0.2) is 37.1 Å². The number of anilines is 1. The lowest BCUT2D eigenvalue weighted by atomic mass is 9.89. The Balaban J connectivity index is 0.00000113. The molecule has 4 rings (SSSR count). The van der Waals surface area contributed by atoms with E-state index in [1.165, 1.54) is 12.8 Å². The van der Waals surface area contributed by atoms with Crippen molar-refractivity contribution in [1.82, 2.24) is 19.9 Å². The van der Waals surface area contributed by atoms with E-state index in [9.17, 15) is 4.79 Å². The zero-order valence-corrected chi connectivity index (χ0v) is 15.4. The van der Waals surface area contributed by atoms with Crippen LogP contribution in [0.4, 0.5) is 5.69 Å². The number of piperidine rings is 1. The maximum Gasteiger partial charge on any atom is 0.224 e. The average Bonchev–Trinajstić information content (AvgIpc) is 3.18. The van der Waals surface area contributed by atoms with Crippen LogP contribution in [-0.2, 0) is 4.79 Å². The Morgan fingerprint density at radius 1 is 1.24 bits per heavy atom. The van der Waals surface area contributed by atoms with Gasteiger partial charge in [0.2, 0.25) is 5.91 Å². The van der Waals surface area contributed by atoms with Crippen LogP contribution in [0.25, 0.3) is 5.82 Å². The van der Waals surface area contributed by atoms with Crippen LogP contribution in [-0.4, -0.2) is 32.5 Å². The summed E-state index contributed by atoms with van der Waals surface area (Å²) in [4.78, 5) is 20.6. The zero-order chi connectivity index (χ0) is 15.6. The summed E-state index contributed by atoms with van der Waals surface area (Å²) in [6.07, 6.45) is 12.3. The molecule has 0 spiro atoms. The molecule has 2 bridgehead atoms. The fourth-order valence-electron chi connectivity index (χ4n) is 3.82. The van der Waals surface area contributed by atoms with Gasteiger partial charge in [-0.15, -0.1) is 24.8 Å². The predicted octanol–water partition coefficient (Wildman–Crippen LogP) is 2.97. The Labute approximate surface area is 159 Å². The van der Waals surface area contributed by atoms with Gasteiger partial charge in [-0.05, 0) is 43.7 Å². The number of hydrogen-bond acceptors (Lipinski definition) is 4. The first-order chi connectivity index (χ1) is 11.3. The molecule has 2 aliphatic heterocycles. The van der Waals surface area contributed by atoms with E-state index in [1.807, 2.05) is 22.9 Å². The lowest BCUT2D eigenvalue weighted by molar-refractivity contribution is -0.117. The Hall–Kier alpha value is -1.63. The molecule has 2 aromatic heterocycles. The molecule has 2 aromatic rings. The largest absolute Gasteiger partial charge is 0.325 e. The molecule has 2 fully saturated rings. The summed E-state index contributed by atoms with van der Waals surface area (Å²) in [7, 11) is 0. The van der Waals surface area contributed by atoms with Crippen LogP contribution in [0.2, 0.25) is 0 Å². The molecule has 0 aromatic carbocycles. The quantitative estimate of drug-likeness (QED) is 0.850. The molecule has 2 aliphatic rings. The molecular weight excluding hydrogens is 361 g/mol. The first-order valence-electron chi connectivity index (χ1n) is 8.26. The minimum atomic E-state index is 0. The van der Waals surface area contributed by atoms with Crippen LogP contribution < -0.4 is 10.6 Å². The number of nitrogens with one attached hydrogen (secondary N) is 2. The fraction of sp³-hybridized carbons (Fsp3) is 0.471. The molecule has 8 heteroatoms. The summed E-state index contributed by atoms with van der Waals surface area (Å²) in [5.41, 5.74) is 0.746. The summed E-state index contributed by atoms with van der Waals surface area (Å²) in [5, 5.41) is 6.58. The molecule has 136 valence electrons. The predicted molar refractivity (Wildman–Crippen MR) is 102 cm³/mol. The summed E-state index contributed by atoms with van der Waals surface area (Å²) < 4.78 is 1.83. The van der Waals surface area contributed by atoms with Crippen molar-refractivity contribution in [3.8, 4) is 5.82 Å². The van der Waals surface area contributed by atoms with Crippen molar-refractivity contribution in [2.75, 3.05) is 5.32 Å². The van der Waals surface area contributed by atoms with E-state index >= 15 is 0 Å². The van der Waals surface area contributed by atoms with Gasteiger partial charge in [0.1, 0.15) is 12.1 Å². The monoisotopic (exact) mass is 383 g/mol. The standard InChI is InChI=1S/C17H21N5O.2ClH/c23-17(9-12-7-13-1-2-14(8-12)20-13)21-15-3-4-16(19-10-15)22-6-5-18-11-22;;/h3-6,10-14,20H,1-2,7-9H2,(H,21,23);2*1H. The lowest BCUT2D eigenvalue weighted by Crippen LogP contribution is -2.39. The Bertz CT molecular complexity index is 665. The lowest BCUT2D eigenvalue weighted by Gasteiger charge is -2.28. The topological polar surface area (TPSA) is 71.8 Å². The number of imidazole rings is 1. The van der Waals surface area contributed by atoms with Gasteiger partial charge < -0.3 is 10.6 Å². The average molecular weight is 384 g/mol. The third-order valence-electron chi connectivity index (χ3n) is 4.85. The first-order valence-corrected chi connectivity index (χ1v) is 8.26. The van der Waals surface area contributed by atoms with Crippen molar-refractivity contribution in [1.29, 1.82) is 0 Å². The number of halogens is 2. The van der Waals surface area contributed by atoms with E-state index in [0.717, 1.165) is 24.3 Å². The van der Waals surface area contributed by atoms with Gasteiger partial charge >= 0.3 is 0 Å². The van der Waals surface area contributed by atoms with Crippen molar-refractivity contribution in [2.24, 2.45) is 5.92 Å². The SMILES string of the molecule is Cl.Cl.O=C(CC1CC2CCC(C1)N2)Nc1ccc(-n2ccnc2)nc1. The van der Waals surface area contributed by atoms with E-state index in [-0.39, 0.29) is 30.7 Å². The number of pyridine rings is 1. The number of hydrogen-bond donors (Lipinski definition) is 2. The first kappa shape index (κ1) is 19.7. The van der Waals surface area contributed by atoms with Gasteiger partial charge in [0, 0.05) is 30.9 Å². The van der Waals surface area contributed by atoms with E-state index in [2.05, 4.69) is 20.6 Å². The fourth-order valence-corrected chi connectivity index (χ4v) is 3.82. The van der Waals surface area contributed by atoms with Crippen LogP contribution in [0.3, 0.4) is 0 Å². The molecule has 1 amide bonds. The van der Waals surface area contributed by atoms with Gasteiger partial charge in [-0.25, -0.2) is 9.97 Å². The maximum absolute atomic E-state index is 12.3. The molecule has 6 nitrogen and oxygen atoms in total. The van der Waals surface area contributed by atoms with Gasteiger partial charge in [0.15, 0.2) is 0 Å². The molecule has 0 saturated carbocycles. The number of nitrogens with zero attached hydrogens (tertiary/aromatic N) is 3. The molecule has 2 N–H and O–H groups in total. The number of carbonyl (C=O) groups is 1. The van der Waals surface area contributed by atoms with Gasteiger partial charge in [-0.3, -0.25) is 9.36 Å². The van der Waals surface area contributed by atoms with Gasteiger partial charge in [0.05, 0.1) is 11.9 Å². The van der Waals surface area contributed by atoms with Crippen molar-refractivity contribution < 1.29 is 4.79 Å². The summed E-state index contributed by atoms with van der Waals surface area (Å²) in [6, 6.07) is 5.01. The summed E-state index contributed by atoms with van der Waals surface area (Å²) in [6.45, 7) is 0. The number of amides is 1. The second-order valence-electron chi connectivity index (χ2n) is 6.60.